The maximum absolute atomic E-state index is 11.1. The number of amides is 1. The van der Waals surface area contributed by atoms with Gasteiger partial charge in [0.05, 0.1) is 25.9 Å². The van der Waals surface area contributed by atoms with Crippen LogP contribution in [0.2, 0.25) is 0 Å². The fourth-order valence-corrected chi connectivity index (χ4v) is 1.30. The minimum Gasteiger partial charge on any atom is -0.544 e. The second kappa shape index (κ2) is 8.06. The second-order valence-corrected chi connectivity index (χ2v) is 3.25. The van der Waals surface area contributed by atoms with Crippen LogP contribution in [0.4, 0.5) is 0 Å². The Labute approximate surface area is 123 Å². The molecule has 1 amide bonds. The van der Waals surface area contributed by atoms with Crippen LogP contribution in [0.15, 0.2) is 0 Å². The van der Waals surface area contributed by atoms with E-state index in [9.17, 15) is 14.7 Å². The van der Waals surface area contributed by atoms with Gasteiger partial charge in [0.15, 0.2) is 0 Å². The molecule has 17 heavy (non-hydrogen) atoms. The summed E-state index contributed by atoms with van der Waals surface area (Å²) in [6.45, 7) is 1.46. The summed E-state index contributed by atoms with van der Waals surface area (Å²) in [5, 5.41) is 11.9. The molecule has 8 heteroatoms. The Balaban J connectivity index is 0.00000256. The Kier molecular flexibility index (Phi) is 8.00. The van der Waals surface area contributed by atoms with Gasteiger partial charge >= 0.3 is 43.0 Å². The van der Waals surface area contributed by atoms with E-state index in [1.54, 1.807) is 0 Å². The summed E-state index contributed by atoms with van der Waals surface area (Å²) in [4.78, 5) is 22.0. The van der Waals surface area contributed by atoms with Crippen molar-refractivity contribution in [3.8, 4) is 0 Å². The van der Waals surface area contributed by atoms with E-state index in [0.717, 1.165) is 7.11 Å². The summed E-state index contributed by atoms with van der Waals surface area (Å²) < 4.78 is 14.1. The molecule has 7 nitrogen and oxygen atoms in total. The van der Waals surface area contributed by atoms with E-state index in [1.807, 2.05) is 0 Å². The van der Waals surface area contributed by atoms with Crippen molar-refractivity contribution in [1.82, 2.24) is 5.32 Å². The molecule has 1 heterocycles. The standard InChI is InChI=1S/C9H14NO6.U/c1-14-4-6-7(11)5(3-16-6)10-8(12)9(13)15-2;/h3,5-7,11H,4H2,1-2H3,(H,10,12);/q-1;+2. The average molecular weight is 470 g/mol. The van der Waals surface area contributed by atoms with Gasteiger partial charge in [0.1, 0.15) is 0 Å². The molecule has 1 saturated heterocycles. The largest absolute Gasteiger partial charge is 2.00 e. The Bertz CT molecular complexity index is 274. The molecule has 0 radical (unpaired) electrons. The number of hydrogen-bond donors (Lipinski definition) is 2. The molecule has 0 aliphatic carbocycles. The summed E-state index contributed by atoms with van der Waals surface area (Å²) in [6.07, 6.45) is -1.50. The van der Waals surface area contributed by atoms with Crippen molar-refractivity contribution in [2.45, 2.75) is 18.2 Å². The van der Waals surface area contributed by atoms with E-state index in [4.69, 9.17) is 9.47 Å². The Morgan fingerprint density at radius 1 is 1.47 bits per heavy atom. The van der Waals surface area contributed by atoms with Crippen LogP contribution in [0.1, 0.15) is 0 Å². The monoisotopic (exact) mass is 470 g/mol. The second-order valence-electron chi connectivity index (χ2n) is 3.25. The third kappa shape index (κ3) is 4.56. The summed E-state index contributed by atoms with van der Waals surface area (Å²) in [6, 6.07) is -0.744. The Morgan fingerprint density at radius 3 is 2.65 bits per heavy atom. The first kappa shape index (κ1) is 16.9. The van der Waals surface area contributed by atoms with Gasteiger partial charge in [0.25, 0.3) is 0 Å². The van der Waals surface area contributed by atoms with Crippen LogP contribution in [0.25, 0.3) is 0 Å². The minimum absolute atomic E-state index is 0. The maximum atomic E-state index is 11.1. The smallest absolute Gasteiger partial charge is 0.544 e. The van der Waals surface area contributed by atoms with Crippen LogP contribution in [0, 0.1) is 37.7 Å². The molecule has 0 aromatic heterocycles. The average Bonchev–Trinajstić information content (AvgIpc) is 2.61. The van der Waals surface area contributed by atoms with E-state index < -0.39 is 30.1 Å². The van der Waals surface area contributed by atoms with Gasteiger partial charge in [-0.2, -0.15) is 6.61 Å². The fourth-order valence-electron chi connectivity index (χ4n) is 1.30. The third-order valence-electron chi connectivity index (χ3n) is 2.15. The molecule has 0 bridgehead atoms. The molecule has 94 valence electrons. The van der Waals surface area contributed by atoms with Crippen molar-refractivity contribution in [3.63, 3.8) is 0 Å². The number of rotatable bonds is 3. The molecule has 0 aromatic rings. The molecule has 1 aliphatic heterocycles. The zero-order valence-corrected chi connectivity index (χ0v) is 13.7. The van der Waals surface area contributed by atoms with Crippen LogP contribution >= 0.6 is 0 Å². The van der Waals surface area contributed by atoms with Crippen molar-refractivity contribution in [2.75, 3.05) is 20.8 Å². The summed E-state index contributed by atoms with van der Waals surface area (Å²) in [7, 11) is 2.57. The number of carbonyl (C=O) groups is 2. The SMILES string of the molecule is COCC1O[CH-]C(NC(=O)C(=O)OC)C1O.[U+2]. The number of nitrogens with one attached hydrogen (secondary N) is 1. The number of carbonyl (C=O) groups excluding carboxylic acids is 2. The van der Waals surface area contributed by atoms with Crippen molar-refractivity contribution in [1.29, 1.82) is 0 Å². The molecule has 1 fully saturated rings. The van der Waals surface area contributed by atoms with Gasteiger partial charge in [-0.15, -0.1) is 0 Å². The Morgan fingerprint density at radius 2 is 2.12 bits per heavy atom. The van der Waals surface area contributed by atoms with Gasteiger partial charge in [-0.3, -0.25) is 4.79 Å². The number of methoxy groups -OCH3 is 2. The molecule has 0 spiro atoms. The third-order valence-corrected chi connectivity index (χ3v) is 2.15. The molecule has 3 unspecified atom stereocenters. The van der Waals surface area contributed by atoms with Gasteiger partial charge in [-0.1, -0.05) is 0 Å². The minimum atomic E-state index is -1.02. The molecular formula is C9H14NO6U+. The van der Waals surface area contributed by atoms with Gasteiger partial charge in [0.2, 0.25) is 0 Å². The fraction of sp³-hybridized carbons (Fsp3) is 0.667. The van der Waals surface area contributed by atoms with Gasteiger partial charge in [-0.25, -0.2) is 4.79 Å². The van der Waals surface area contributed by atoms with E-state index >= 15 is 0 Å². The number of hydrogen-bond acceptors (Lipinski definition) is 6. The Hall–Kier alpha value is -0.128. The van der Waals surface area contributed by atoms with E-state index in [0.29, 0.717) is 0 Å². The van der Waals surface area contributed by atoms with Crippen LogP contribution in [-0.2, 0) is 23.8 Å². The van der Waals surface area contributed by atoms with E-state index in [-0.39, 0.29) is 37.7 Å². The predicted molar refractivity (Wildman–Crippen MR) is 51.0 cm³/mol. The molecule has 0 aromatic carbocycles. The summed E-state index contributed by atoms with van der Waals surface area (Å²) in [5.41, 5.74) is 0. The van der Waals surface area contributed by atoms with Gasteiger partial charge < -0.3 is 24.6 Å². The number of aliphatic hydroxyl groups excluding tert-OH is 1. The first-order valence-electron chi connectivity index (χ1n) is 4.64. The summed E-state index contributed by atoms with van der Waals surface area (Å²) in [5.74, 6) is -1.94. The number of aliphatic hydroxyl groups is 1. The maximum Gasteiger partial charge on any atom is 2.00 e. The van der Waals surface area contributed by atoms with Gasteiger partial charge in [-0.05, 0) is 6.04 Å². The zero-order chi connectivity index (χ0) is 12.1. The van der Waals surface area contributed by atoms with Crippen molar-refractivity contribution >= 4 is 11.9 Å². The molecule has 1 rings (SSSR count). The molecule has 1 aliphatic rings. The molecule has 2 N–H and O–H groups in total. The quantitative estimate of drug-likeness (QED) is 0.288. The molecular weight excluding hydrogens is 456 g/mol. The van der Waals surface area contributed by atoms with Crippen molar-refractivity contribution in [3.05, 3.63) is 6.61 Å². The zero-order valence-electron chi connectivity index (χ0n) is 9.50. The van der Waals surface area contributed by atoms with Crippen LogP contribution in [-0.4, -0.2) is 56.1 Å². The first-order chi connectivity index (χ1) is 7.60. The van der Waals surface area contributed by atoms with Crippen molar-refractivity contribution in [2.24, 2.45) is 0 Å². The molecule has 0 saturated carbocycles. The number of esters is 1. The van der Waals surface area contributed by atoms with Crippen molar-refractivity contribution < 1.29 is 60.0 Å². The van der Waals surface area contributed by atoms with E-state index in [1.165, 1.54) is 13.7 Å². The first-order valence-corrected chi connectivity index (χ1v) is 4.64. The van der Waals surface area contributed by atoms with E-state index in [2.05, 4.69) is 10.1 Å². The topological polar surface area (TPSA) is 94.1 Å². The van der Waals surface area contributed by atoms with Crippen LogP contribution in [0.5, 0.6) is 0 Å². The normalized spacial score (nSPS) is 27.1. The summed E-state index contributed by atoms with van der Waals surface area (Å²) >= 11 is 0. The van der Waals surface area contributed by atoms with Crippen LogP contribution in [0.3, 0.4) is 0 Å². The molecule has 3 atom stereocenters. The predicted octanol–water partition coefficient (Wildman–Crippen LogP) is -1.79. The van der Waals surface area contributed by atoms with Crippen LogP contribution < -0.4 is 5.32 Å². The van der Waals surface area contributed by atoms with Gasteiger partial charge in [0, 0.05) is 7.11 Å². The number of ether oxygens (including phenoxy) is 3.